The number of carbonyl (C=O) groups excluding carboxylic acids is 5. The average Bonchev–Trinajstić information content (AvgIpc) is 2.67. The quantitative estimate of drug-likeness (QED) is 0.280. The molecule has 35 heavy (non-hydrogen) atoms. The number of carbonyl (C=O) groups is 5. The lowest BCUT2D eigenvalue weighted by atomic mass is 9.83. The maximum atomic E-state index is 15.3. The van der Waals surface area contributed by atoms with E-state index in [9.17, 15) is 37.1 Å². The molecule has 1 aliphatic heterocycles. The molecular formula is C20H27F4NO10. The van der Waals surface area contributed by atoms with Crippen molar-refractivity contribution < 1.29 is 65.2 Å². The van der Waals surface area contributed by atoms with Crippen molar-refractivity contribution in [3.8, 4) is 0 Å². The predicted octanol–water partition coefficient (Wildman–Crippen LogP) is 0.907. The molecule has 1 heterocycles. The molecule has 1 fully saturated rings. The highest BCUT2D eigenvalue weighted by Gasteiger charge is 2.58. The number of ether oxygens (including phenoxy) is 5. The predicted molar refractivity (Wildman–Crippen MR) is 105 cm³/mol. The van der Waals surface area contributed by atoms with Gasteiger partial charge < -0.3 is 29.0 Å². The van der Waals surface area contributed by atoms with Crippen LogP contribution in [-0.2, 0) is 47.7 Å². The Kier molecular flexibility index (Phi) is 10.00. The second-order valence-corrected chi connectivity index (χ2v) is 8.18. The molecule has 1 N–H and O–H groups in total. The van der Waals surface area contributed by atoms with Crippen LogP contribution in [0.15, 0.2) is 0 Å². The second-order valence-electron chi connectivity index (χ2n) is 8.18. The Morgan fingerprint density at radius 1 is 0.943 bits per heavy atom. The van der Waals surface area contributed by atoms with E-state index in [1.807, 2.05) is 0 Å². The van der Waals surface area contributed by atoms with Crippen LogP contribution in [-0.4, -0.2) is 84.8 Å². The number of esters is 4. The summed E-state index contributed by atoms with van der Waals surface area (Å²) in [6, 6.07) is -2.09. The monoisotopic (exact) mass is 517 g/mol. The molecule has 0 aromatic rings. The maximum Gasteiger partial charge on any atom is 0.471 e. The summed E-state index contributed by atoms with van der Waals surface area (Å²) < 4.78 is 79.9. The third kappa shape index (κ3) is 8.64. The molecule has 0 aromatic heterocycles. The number of halogens is 4. The molecule has 1 rings (SSSR count). The van der Waals surface area contributed by atoms with E-state index in [2.05, 4.69) is 0 Å². The molecular weight excluding hydrogens is 490 g/mol. The first-order valence-corrected chi connectivity index (χ1v) is 10.2. The maximum absolute atomic E-state index is 15.3. The number of hydrogen-bond acceptors (Lipinski definition) is 10. The highest BCUT2D eigenvalue weighted by Crippen LogP contribution is 2.37. The standard InChI is InChI=1S/C20H27F4NO10/c1-8(26)31-7-12(32-9(2)27)14(33-10(3)28)15-13(25-18(30)20(22,23)24)16(34-11(4)29)17(21)19(5,6)35-15/h12-17H,7H2,1-6H3,(H,25,30)/t12-,13?,14-,15?,16?,17?/m1/s1. The van der Waals surface area contributed by atoms with E-state index in [1.54, 1.807) is 0 Å². The first kappa shape index (κ1) is 30.1. The number of alkyl halides is 4. The molecule has 1 saturated heterocycles. The van der Waals surface area contributed by atoms with Crippen LogP contribution >= 0.6 is 0 Å². The van der Waals surface area contributed by atoms with Crippen LogP contribution in [0.5, 0.6) is 0 Å². The van der Waals surface area contributed by atoms with Gasteiger partial charge in [-0.1, -0.05) is 0 Å². The fourth-order valence-electron chi connectivity index (χ4n) is 3.40. The van der Waals surface area contributed by atoms with Gasteiger partial charge in [0.05, 0.1) is 11.6 Å². The highest BCUT2D eigenvalue weighted by atomic mass is 19.4. The van der Waals surface area contributed by atoms with E-state index in [4.69, 9.17) is 23.7 Å². The van der Waals surface area contributed by atoms with Crippen molar-refractivity contribution in [2.45, 2.75) is 89.9 Å². The summed E-state index contributed by atoms with van der Waals surface area (Å²) in [5.74, 6) is -6.49. The van der Waals surface area contributed by atoms with Gasteiger partial charge >= 0.3 is 36.0 Å². The Morgan fingerprint density at radius 3 is 1.91 bits per heavy atom. The number of nitrogens with one attached hydrogen (secondary N) is 1. The van der Waals surface area contributed by atoms with Crippen molar-refractivity contribution in [1.82, 2.24) is 5.32 Å². The second kappa shape index (κ2) is 11.6. The van der Waals surface area contributed by atoms with E-state index in [0.29, 0.717) is 0 Å². The van der Waals surface area contributed by atoms with Gasteiger partial charge in [-0.3, -0.25) is 24.0 Å². The van der Waals surface area contributed by atoms with Crippen LogP contribution in [0, 0.1) is 0 Å². The van der Waals surface area contributed by atoms with Crippen molar-refractivity contribution in [1.29, 1.82) is 0 Å². The Hall–Kier alpha value is -2.97. The summed E-state index contributed by atoms with van der Waals surface area (Å²) in [4.78, 5) is 58.2. The largest absolute Gasteiger partial charge is 0.471 e. The van der Waals surface area contributed by atoms with Crippen molar-refractivity contribution in [2.24, 2.45) is 0 Å². The third-order valence-corrected chi connectivity index (χ3v) is 4.72. The van der Waals surface area contributed by atoms with Crippen LogP contribution in [0.2, 0.25) is 0 Å². The van der Waals surface area contributed by atoms with Crippen LogP contribution < -0.4 is 5.32 Å². The van der Waals surface area contributed by atoms with Crippen LogP contribution in [0.3, 0.4) is 0 Å². The van der Waals surface area contributed by atoms with Gasteiger partial charge in [-0.15, -0.1) is 0 Å². The lowest BCUT2D eigenvalue weighted by Crippen LogP contribution is -2.71. The lowest BCUT2D eigenvalue weighted by Gasteiger charge is -2.49. The number of hydrogen-bond donors (Lipinski definition) is 1. The van der Waals surface area contributed by atoms with Crippen molar-refractivity contribution in [3.05, 3.63) is 0 Å². The molecule has 11 nitrogen and oxygen atoms in total. The Labute approximate surface area is 197 Å². The molecule has 0 saturated carbocycles. The van der Waals surface area contributed by atoms with E-state index in [1.165, 1.54) is 19.2 Å². The molecule has 0 spiro atoms. The minimum atomic E-state index is -5.44. The molecule has 1 amide bonds. The normalized spacial score (nSPS) is 25.4. The molecule has 4 unspecified atom stereocenters. The molecule has 1 aliphatic rings. The Balaban J connectivity index is 3.66. The molecule has 15 heteroatoms. The summed E-state index contributed by atoms with van der Waals surface area (Å²) in [6.07, 6.45) is -15.1. The number of rotatable bonds is 8. The van der Waals surface area contributed by atoms with Gasteiger partial charge in [0, 0.05) is 27.7 Å². The summed E-state index contributed by atoms with van der Waals surface area (Å²) >= 11 is 0. The zero-order chi connectivity index (χ0) is 27.3. The molecule has 200 valence electrons. The summed E-state index contributed by atoms with van der Waals surface area (Å²) in [7, 11) is 0. The van der Waals surface area contributed by atoms with Gasteiger partial charge in [0.25, 0.3) is 0 Å². The fourth-order valence-corrected chi connectivity index (χ4v) is 3.40. The van der Waals surface area contributed by atoms with E-state index in [0.717, 1.165) is 27.7 Å². The zero-order valence-electron chi connectivity index (χ0n) is 19.8. The fraction of sp³-hybridized carbons (Fsp3) is 0.750. The molecule has 0 radical (unpaired) electrons. The molecule has 0 bridgehead atoms. The molecule has 0 aliphatic carbocycles. The van der Waals surface area contributed by atoms with Crippen LogP contribution in [0.4, 0.5) is 17.6 Å². The van der Waals surface area contributed by atoms with Gasteiger partial charge in [-0.25, -0.2) is 4.39 Å². The summed E-state index contributed by atoms with van der Waals surface area (Å²) in [6.45, 7) is 5.30. The van der Waals surface area contributed by atoms with Crippen molar-refractivity contribution in [3.63, 3.8) is 0 Å². The van der Waals surface area contributed by atoms with Gasteiger partial charge in [0.1, 0.15) is 12.7 Å². The Bertz CT molecular complexity index is 831. The van der Waals surface area contributed by atoms with Gasteiger partial charge in [0.15, 0.2) is 24.5 Å². The van der Waals surface area contributed by atoms with Gasteiger partial charge in [0.2, 0.25) is 0 Å². The smallest absolute Gasteiger partial charge is 0.462 e. The summed E-state index contributed by atoms with van der Waals surface area (Å²) in [5, 5.41) is 1.51. The molecule has 0 aromatic carbocycles. The van der Waals surface area contributed by atoms with Crippen LogP contribution in [0.1, 0.15) is 41.5 Å². The number of amides is 1. The zero-order valence-corrected chi connectivity index (χ0v) is 19.8. The van der Waals surface area contributed by atoms with Crippen molar-refractivity contribution in [2.75, 3.05) is 6.61 Å². The minimum absolute atomic E-state index is 0.746. The SMILES string of the molecule is CC(=O)OC[C@@H](OC(C)=O)[C@@H](OC(C)=O)C1OC(C)(C)C(F)C(OC(C)=O)C1NC(=O)C(F)(F)F. The Morgan fingerprint density at radius 2 is 1.49 bits per heavy atom. The lowest BCUT2D eigenvalue weighted by molar-refractivity contribution is -0.252. The van der Waals surface area contributed by atoms with Gasteiger partial charge in [-0.2, -0.15) is 13.2 Å². The minimum Gasteiger partial charge on any atom is -0.462 e. The first-order chi connectivity index (χ1) is 15.9. The van der Waals surface area contributed by atoms with E-state index < -0.39 is 84.8 Å². The van der Waals surface area contributed by atoms with Gasteiger partial charge in [-0.05, 0) is 13.8 Å². The average molecular weight is 517 g/mol. The third-order valence-electron chi connectivity index (χ3n) is 4.72. The van der Waals surface area contributed by atoms with E-state index >= 15 is 4.39 Å². The van der Waals surface area contributed by atoms with Crippen molar-refractivity contribution >= 4 is 29.8 Å². The molecule has 6 atom stereocenters. The van der Waals surface area contributed by atoms with E-state index in [-0.39, 0.29) is 0 Å². The van der Waals surface area contributed by atoms with Crippen LogP contribution in [0.25, 0.3) is 0 Å². The highest BCUT2D eigenvalue weighted by molar-refractivity contribution is 5.82. The topological polar surface area (TPSA) is 144 Å². The summed E-state index contributed by atoms with van der Waals surface area (Å²) in [5.41, 5.74) is -1.87. The first-order valence-electron chi connectivity index (χ1n) is 10.2.